The highest BCUT2D eigenvalue weighted by Gasteiger charge is 2.35. The normalized spacial score (nSPS) is 21.5. The van der Waals surface area contributed by atoms with Gasteiger partial charge in [0.25, 0.3) is 0 Å². The first-order valence-electron chi connectivity index (χ1n) is 6.69. The van der Waals surface area contributed by atoms with E-state index in [9.17, 15) is 13.2 Å². The van der Waals surface area contributed by atoms with Crippen molar-refractivity contribution in [3.63, 3.8) is 0 Å². The smallest absolute Gasteiger partial charge is 0.237 e. The Bertz CT molecular complexity index is 611. The van der Waals surface area contributed by atoms with Crippen LogP contribution in [0.5, 0.6) is 0 Å². The summed E-state index contributed by atoms with van der Waals surface area (Å²) >= 11 is 0. The van der Waals surface area contributed by atoms with Crippen LogP contribution in [-0.4, -0.2) is 32.2 Å². The molecule has 0 aromatic heterocycles. The summed E-state index contributed by atoms with van der Waals surface area (Å²) in [6.07, 6.45) is 0. The molecule has 0 fully saturated rings. The van der Waals surface area contributed by atoms with Crippen LogP contribution in [0.3, 0.4) is 0 Å². The van der Waals surface area contributed by atoms with Crippen molar-refractivity contribution in [2.24, 2.45) is 0 Å². The van der Waals surface area contributed by atoms with E-state index in [1.54, 1.807) is 25.1 Å². The lowest BCUT2D eigenvalue weighted by Crippen LogP contribution is -2.46. The lowest BCUT2D eigenvalue weighted by atomic mass is 10.1. The first-order chi connectivity index (χ1) is 9.31. The number of hydrogen-bond acceptors (Lipinski definition) is 4. The second-order valence-corrected chi connectivity index (χ2v) is 7.43. The fourth-order valence-corrected chi connectivity index (χ4v) is 4.12. The van der Waals surface area contributed by atoms with Gasteiger partial charge in [-0.15, -0.1) is 0 Å². The van der Waals surface area contributed by atoms with Crippen LogP contribution in [0.1, 0.15) is 32.4 Å². The summed E-state index contributed by atoms with van der Waals surface area (Å²) in [6, 6.07) is 6.23. The van der Waals surface area contributed by atoms with E-state index in [2.05, 4.69) is 10.6 Å². The number of carbonyl (C=O) groups is 1. The van der Waals surface area contributed by atoms with Gasteiger partial charge in [-0.1, -0.05) is 18.2 Å². The van der Waals surface area contributed by atoms with Crippen molar-refractivity contribution in [3.05, 3.63) is 29.8 Å². The third-order valence-electron chi connectivity index (χ3n) is 3.29. The van der Waals surface area contributed by atoms with Gasteiger partial charge in [-0.3, -0.25) is 10.1 Å². The van der Waals surface area contributed by atoms with Gasteiger partial charge in [-0.2, -0.15) is 0 Å². The summed E-state index contributed by atoms with van der Waals surface area (Å²) in [5, 5.41) is 5.91. The zero-order valence-electron chi connectivity index (χ0n) is 11.9. The number of rotatable bonds is 4. The summed E-state index contributed by atoms with van der Waals surface area (Å²) < 4.78 is 24.1. The Kier molecular flexibility index (Phi) is 4.15. The molecule has 5 nitrogen and oxygen atoms in total. The monoisotopic (exact) mass is 296 g/mol. The molecule has 1 aliphatic heterocycles. The van der Waals surface area contributed by atoms with Crippen LogP contribution in [0.4, 0.5) is 0 Å². The van der Waals surface area contributed by atoms with Crippen molar-refractivity contribution in [1.82, 2.24) is 10.6 Å². The van der Waals surface area contributed by atoms with Crippen molar-refractivity contribution in [3.8, 4) is 0 Å². The van der Waals surface area contributed by atoms with Crippen LogP contribution in [0.15, 0.2) is 29.2 Å². The molecule has 6 heteroatoms. The molecule has 1 heterocycles. The summed E-state index contributed by atoms with van der Waals surface area (Å²) in [6.45, 7) is 5.52. The second-order valence-electron chi connectivity index (χ2n) is 5.42. The first-order valence-corrected chi connectivity index (χ1v) is 8.34. The predicted molar refractivity (Wildman–Crippen MR) is 77.1 cm³/mol. The minimum atomic E-state index is -3.24. The molecular formula is C14H20N2O3S. The first kappa shape index (κ1) is 15.0. The lowest BCUT2D eigenvalue weighted by Gasteiger charge is -2.20. The fourth-order valence-electron chi connectivity index (χ4n) is 2.38. The molecule has 0 saturated heterocycles. The van der Waals surface area contributed by atoms with E-state index in [4.69, 9.17) is 0 Å². The van der Waals surface area contributed by atoms with E-state index in [0.717, 1.165) is 5.56 Å². The van der Waals surface area contributed by atoms with Crippen molar-refractivity contribution in [1.29, 1.82) is 0 Å². The number of benzene rings is 1. The highest BCUT2D eigenvalue weighted by atomic mass is 32.2. The Morgan fingerprint density at radius 1 is 1.25 bits per heavy atom. The molecule has 110 valence electrons. The average molecular weight is 296 g/mol. The molecular weight excluding hydrogens is 276 g/mol. The molecule has 0 radical (unpaired) electrons. The van der Waals surface area contributed by atoms with Gasteiger partial charge in [-0.05, 0) is 32.4 Å². The molecule has 2 rings (SSSR count). The van der Waals surface area contributed by atoms with Crippen molar-refractivity contribution >= 4 is 15.7 Å². The summed E-state index contributed by atoms with van der Waals surface area (Å²) in [7, 11) is -3.24. The Hall–Kier alpha value is -1.40. The zero-order valence-corrected chi connectivity index (χ0v) is 12.7. The van der Waals surface area contributed by atoms with Crippen LogP contribution in [-0.2, 0) is 14.6 Å². The van der Waals surface area contributed by atoms with E-state index in [1.807, 2.05) is 19.9 Å². The summed E-state index contributed by atoms with van der Waals surface area (Å²) in [5.74, 6) is -0.118. The Morgan fingerprint density at radius 2 is 1.90 bits per heavy atom. The van der Waals surface area contributed by atoms with Gasteiger partial charge in [0, 0.05) is 12.1 Å². The highest BCUT2D eigenvalue weighted by molar-refractivity contribution is 7.91. The van der Waals surface area contributed by atoms with Gasteiger partial charge >= 0.3 is 0 Å². The number of fused-ring (bicyclic) bond motifs is 1. The van der Waals surface area contributed by atoms with Crippen molar-refractivity contribution in [2.75, 3.05) is 5.75 Å². The molecule has 0 spiro atoms. The number of hydrogen-bond donors (Lipinski definition) is 2. The van der Waals surface area contributed by atoms with Crippen LogP contribution in [0, 0.1) is 0 Å². The van der Waals surface area contributed by atoms with E-state index in [0.29, 0.717) is 4.90 Å². The standard InChI is InChI=1S/C14H20N2O3S/c1-9(2)15-14(17)10(3)16-12-8-20(18,19)13-7-5-4-6-11(12)13/h4-7,9-10,12,16H,8H2,1-3H3,(H,15,17). The number of sulfone groups is 1. The van der Waals surface area contributed by atoms with Crippen molar-refractivity contribution < 1.29 is 13.2 Å². The highest BCUT2D eigenvalue weighted by Crippen LogP contribution is 2.33. The maximum Gasteiger partial charge on any atom is 0.237 e. The molecule has 2 atom stereocenters. The van der Waals surface area contributed by atoms with Crippen LogP contribution < -0.4 is 10.6 Å². The molecule has 1 aromatic rings. The third kappa shape index (κ3) is 3.02. The molecule has 20 heavy (non-hydrogen) atoms. The van der Waals surface area contributed by atoms with E-state index >= 15 is 0 Å². The second kappa shape index (κ2) is 5.54. The molecule has 2 unspecified atom stereocenters. The SMILES string of the molecule is CC(C)NC(=O)C(C)NC1CS(=O)(=O)c2ccccc21. The predicted octanol–water partition coefficient (Wildman–Crippen LogP) is 1.02. The Morgan fingerprint density at radius 3 is 2.55 bits per heavy atom. The maximum absolute atomic E-state index is 12.1. The Balaban J connectivity index is 2.15. The van der Waals surface area contributed by atoms with Gasteiger partial charge in [0.15, 0.2) is 9.84 Å². The van der Waals surface area contributed by atoms with Gasteiger partial charge in [0.1, 0.15) is 0 Å². The summed E-state index contributed by atoms with van der Waals surface area (Å²) in [5.41, 5.74) is 0.747. The topological polar surface area (TPSA) is 75.3 Å². The van der Waals surface area contributed by atoms with Crippen LogP contribution >= 0.6 is 0 Å². The van der Waals surface area contributed by atoms with Gasteiger partial charge in [0.2, 0.25) is 5.91 Å². The maximum atomic E-state index is 12.1. The largest absolute Gasteiger partial charge is 0.353 e. The molecule has 1 amide bonds. The van der Waals surface area contributed by atoms with E-state index in [-0.39, 0.29) is 23.7 Å². The minimum Gasteiger partial charge on any atom is -0.353 e. The molecule has 0 bridgehead atoms. The Labute approximate surface area is 119 Å². The van der Waals surface area contributed by atoms with Crippen LogP contribution in [0.25, 0.3) is 0 Å². The molecule has 0 aliphatic carbocycles. The van der Waals surface area contributed by atoms with Gasteiger partial charge < -0.3 is 5.32 Å². The molecule has 1 aromatic carbocycles. The van der Waals surface area contributed by atoms with Crippen molar-refractivity contribution in [2.45, 2.75) is 43.8 Å². The van der Waals surface area contributed by atoms with E-state index < -0.39 is 15.9 Å². The zero-order chi connectivity index (χ0) is 14.9. The molecule has 0 saturated carbocycles. The quantitative estimate of drug-likeness (QED) is 0.870. The number of carbonyl (C=O) groups excluding carboxylic acids is 1. The number of amides is 1. The minimum absolute atomic E-state index is 0.00560. The fraction of sp³-hybridized carbons (Fsp3) is 0.500. The molecule has 2 N–H and O–H groups in total. The third-order valence-corrected chi connectivity index (χ3v) is 5.11. The van der Waals surface area contributed by atoms with Gasteiger partial charge in [0.05, 0.1) is 16.7 Å². The van der Waals surface area contributed by atoms with E-state index in [1.165, 1.54) is 0 Å². The van der Waals surface area contributed by atoms with Gasteiger partial charge in [-0.25, -0.2) is 8.42 Å². The average Bonchev–Trinajstić information content (AvgIpc) is 2.61. The summed E-state index contributed by atoms with van der Waals surface area (Å²) in [4.78, 5) is 12.3. The number of nitrogens with one attached hydrogen (secondary N) is 2. The molecule has 1 aliphatic rings. The lowest BCUT2D eigenvalue weighted by molar-refractivity contribution is -0.123. The van der Waals surface area contributed by atoms with Crippen LogP contribution in [0.2, 0.25) is 0 Å².